The molecular formula is C21H26O10. The van der Waals surface area contributed by atoms with E-state index in [2.05, 4.69) is 0 Å². The molecule has 0 aromatic heterocycles. The third-order valence-electron chi connectivity index (χ3n) is 4.45. The third-order valence-corrected chi connectivity index (χ3v) is 4.45. The Kier molecular flexibility index (Phi) is 7.98. The smallest absolute Gasteiger partial charge is 0.308 e. The van der Waals surface area contributed by atoms with Crippen molar-refractivity contribution in [3.8, 4) is 11.5 Å². The highest BCUT2D eigenvalue weighted by molar-refractivity contribution is 5.70. The van der Waals surface area contributed by atoms with E-state index in [0.29, 0.717) is 11.3 Å². The monoisotopic (exact) mass is 438 g/mol. The van der Waals surface area contributed by atoms with Crippen molar-refractivity contribution in [1.29, 1.82) is 0 Å². The molecular weight excluding hydrogens is 412 g/mol. The molecule has 0 N–H and O–H groups in total. The SMILES string of the molecule is COc1ccc(OC(C)=O)cc1[C@H]1O[C@@H](C)[C@@H](OC(C)=O)[C@@H](OC(C)=O)[C@@H]1OC(C)=O. The Labute approximate surface area is 179 Å². The molecule has 31 heavy (non-hydrogen) atoms. The molecule has 0 amide bonds. The van der Waals surface area contributed by atoms with Gasteiger partial charge in [-0.2, -0.15) is 0 Å². The number of methoxy groups -OCH3 is 1. The van der Waals surface area contributed by atoms with Crippen LogP contribution in [0.25, 0.3) is 0 Å². The zero-order valence-electron chi connectivity index (χ0n) is 18.2. The topological polar surface area (TPSA) is 124 Å². The molecule has 1 aromatic rings. The molecule has 1 saturated heterocycles. The molecule has 5 atom stereocenters. The summed E-state index contributed by atoms with van der Waals surface area (Å²) in [4.78, 5) is 46.7. The fraction of sp³-hybridized carbons (Fsp3) is 0.524. The second kappa shape index (κ2) is 10.3. The van der Waals surface area contributed by atoms with Gasteiger partial charge in [0.15, 0.2) is 18.3 Å². The molecule has 1 heterocycles. The van der Waals surface area contributed by atoms with Gasteiger partial charge in [0.25, 0.3) is 0 Å². The molecule has 1 aromatic carbocycles. The Morgan fingerprint density at radius 2 is 1.35 bits per heavy atom. The van der Waals surface area contributed by atoms with E-state index in [4.69, 9.17) is 28.4 Å². The zero-order chi connectivity index (χ0) is 23.3. The van der Waals surface area contributed by atoms with Crippen molar-refractivity contribution >= 4 is 23.9 Å². The van der Waals surface area contributed by atoms with Crippen LogP contribution in [0, 0.1) is 0 Å². The number of ether oxygens (including phenoxy) is 6. The van der Waals surface area contributed by atoms with Gasteiger partial charge in [-0.25, -0.2) is 0 Å². The lowest BCUT2D eigenvalue weighted by atomic mass is 9.90. The van der Waals surface area contributed by atoms with Crippen LogP contribution in [0.3, 0.4) is 0 Å². The van der Waals surface area contributed by atoms with Crippen LogP contribution in [0.4, 0.5) is 0 Å². The summed E-state index contributed by atoms with van der Waals surface area (Å²) in [6.07, 6.45) is -5.08. The number of rotatable bonds is 6. The van der Waals surface area contributed by atoms with Crippen molar-refractivity contribution < 1.29 is 47.6 Å². The first-order valence-corrected chi connectivity index (χ1v) is 9.57. The minimum Gasteiger partial charge on any atom is -0.496 e. The standard InChI is InChI=1S/C21H26O10/c1-10-18(29-12(3)23)20(30-13(4)24)21(31-14(5)25)19(27-10)16-9-15(28-11(2)22)7-8-17(16)26-6/h7-10,18-21H,1-6H3/t10-,18+,19+,20+,21+/m0/s1. The lowest BCUT2D eigenvalue weighted by Crippen LogP contribution is -2.57. The van der Waals surface area contributed by atoms with Crippen LogP contribution in [0.1, 0.15) is 46.3 Å². The van der Waals surface area contributed by atoms with Crippen LogP contribution >= 0.6 is 0 Å². The van der Waals surface area contributed by atoms with Crippen LogP contribution in [-0.2, 0) is 38.1 Å². The highest BCUT2D eigenvalue weighted by atomic mass is 16.6. The van der Waals surface area contributed by atoms with E-state index in [1.807, 2.05) is 0 Å². The van der Waals surface area contributed by atoms with Gasteiger partial charge in [0, 0.05) is 33.3 Å². The van der Waals surface area contributed by atoms with Crippen LogP contribution < -0.4 is 9.47 Å². The van der Waals surface area contributed by atoms with Crippen molar-refractivity contribution in [2.45, 2.75) is 65.1 Å². The van der Waals surface area contributed by atoms with Gasteiger partial charge in [0.05, 0.1) is 13.2 Å². The normalized spacial score (nSPS) is 25.2. The summed E-state index contributed by atoms with van der Waals surface area (Å²) in [6, 6.07) is 4.60. The highest BCUT2D eigenvalue weighted by Crippen LogP contribution is 2.41. The maximum Gasteiger partial charge on any atom is 0.308 e. The summed E-state index contributed by atoms with van der Waals surface area (Å²) in [7, 11) is 1.43. The largest absolute Gasteiger partial charge is 0.496 e. The van der Waals surface area contributed by atoms with Gasteiger partial charge in [-0.15, -0.1) is 0 Å². The molecule has 0 aliphatic carbocycles. The molecule has 1 aliphatic rings. The molecule has 0 bridgehead atoms. The minimum atomic E-state index is -1.18. The Hall–Kier alpha value is -3.14. The van der Waals surface area contributed by atoms with Crippen LogP contribution in [0.2, 0.25) is 0 Å². The van der Waals surface area contributed by atoms with Crippen molar-refractivity contribution in [2.75, 3.05) is 7.11 Å². The van der Waals surface area contributed by atoms with Gasteiger partial charge in [0.1, 0.15) is 17.6 Å². The number of carbonyl (C=O) groups is 4. The van der Waals surface area contributed by atoms with E-state index in [1.54, 1.807) is 13.0 Å². The lowest BCUT2D eigenvalue weighted by Gasteiger charge is -2.44. The van der Waals surface area contributed by atoms with Crippen molar-refractivity contribution in [2.24, 2.45) is 0 Å². The lowest BCUT2D eigenvalue weighted by molar-refractivity contribution is -0.245. The van der Waals surface area contributed by atoms with Gasteiger partial charge in [0.2, 0.25) is 0 Å². The molecule has 1 aliphatic heterocycles. The van der Waals surface area contributed by atoms with Crippen molar-refractivity contribution in [3.05, 3.63) is 23.8 Å². The zero-order valence-corrected chi connectivity index (χ0v) is 18.2. The number of carbonyl (C=O) groups excluding carboxylic acids is 4. The molecule has 10 nitrogen and oxygen atoms in total. The van der Waals surface area contributed by atoms with Crippen LogP contribution in [-0.4, -0.2) is 55.4 Å². The van der Waals surface area contributed by atoms with E-state index in [1.165, 1.54) is 46.9 Å². The second-order valence-electron chi connectivity index (χ2n) is 6.98. The van der Waals surface area contributed by atoms with Gasteiger partial charge in [-0.3, -0.25) is 19.2 Å². The van der Waals surface area contributed by atoms with Gasteiger partial charge in [-0.05, 0) is 25.1 Å². The maximum atomic E-state index is 11.9. The molecule has 0 saturated carbocycles. The van der Waals surface area contributed by atoms with E-state index in [0.717, 1.165) is 0 Å². The summed E-state index contributed by atoms with van der Waals surface area (Å²) < 4.78 is 32.8. The molecule has 2 rings (SSSR count). The first-order valence-electron chi connectivity index (χ1n) is 9.57. The summed E-state index contributed by atoms with van der Waals surface area (Å²) in [5.74, 6) is -1.90. The van der Waals surface area contributed by atoms with E-state index >= 15 is 0 Å². The molecule has 10 heteroatoms. The fourth-order valence-electron chi connectivity index (χ4n) is 3.43. The number of esters is 4. The highest BCUT2D eigenvalue weighted by Gasteiger charge is 2.51. The van der Waals surface area contributed by atoms with Gasteiger partial charge in [-0.1, -0.05) is 0 Å². The summed E-state index contributed by atoms with van der Waals surface area (Å²) in [6.45, 7) is 6.46. The van der Waals surface area contributed by atoms with E-state index < -0.39 is 54.4 Å². The molecule has 1 fully saturated rings. The summed E-state index contributed by atoms with van der Waals surface area (Å²) in [5, 5.41) is 0. The Balaban J connectivity index is 2.58. The van der Waals surface area contributed by atoms with Crippen molar-refractivity contribution in [1.82, 2.24) is 0 Å². The van der Waals surface area contributed by atoms with Gasteiger partial charge >= 0.3 is 23.9 Å². The number of benzene rings is 1. The first-order chi connectivity index (χ1) is 14.5. The Morgan fingerprint density at radius 1 is 0.806 bits per heavy atom. The average Bonchev–Trinajstić information content (AvgIpc) is 2.65. The van der Waals surface area contributed by atoms with E-state index in [9.17, 15) is 19.2 Å². The predicted octanol–water partition coefficient (Wildman–Crippen LogP) is 1.88. The summed E-state index contributed by atoms with van der Waals surface area (Å²) >= 11 is 0. The van der Waals surface area contributed by atoms with Gasteiger partial charge < -0.3 is 28.4 Å². The maximum absolute atomic E-state index is 11.9. The average molecular weight is 438 g/mol. The Morgan fingerprint density at radius 3 is 1.87 bits per heavy atom. The number of hydrogen-bond donors (Lipinski definition) is 0. The molecule has 0 unspecified atom stereocenters. The first kappa shape index (κ1) is 24.1. The minimum absolute atomic E-state index is 0.215. The fourth-order valence-corrected chi connectivity index (χ4v) is 3.43. The predicted molar refractivity (Wildman–Crippen MR) is 104 cm³/mol. The van der Waals surface area contributed by atoms with Crippen molar-refractivity contribution in [3.63, 3.8) is 0 Å². The second-order valence-corrected chi connectivity index (χ2v) is 6.98. The third kappa shape index (κ3) is 6.17. The molecule has 0 spiro atoms. The summed E-state index contributed by atoms with van der Waals surface area (Å²) in [5.41, 5.74) is 0.387. The quantitative estimate of drug-likeness (QED) is 0.369. The molecule has 0 radical (unpaired) electrons. The van der Waals surface area contributed by atoms with Crippen LogP contribution in [0.5, 0.6) is 11.5 Å². The Bertz CT molecular complexity index is 849. The van der Waals surface area contributed by atoms with Crippen LogP contribution in [0.15, 0.2) is 18.2 Å². The van der Waals surface area contributed by atoms with E-state index in [-0.39, 0.29) is 5.75 Å². The molecule has 170 valence electrons. The number of hydrogen-bond acceptors (Lipinski definition) is 10.